The van der Waals surface area contributed by atoms with E-state index in [1.165, 1.54) is 0 Å². The molecule has 5 nitrogen and oxygen atoms in total. The lowest BCUT2D eigenvalue weighted by Crippen LogP contribution is -2.69. The molecule has 1 aliphatic rings. The van der Waals surface area contributed by atoms with Gasteiger partial charge in [-0.3, -0.25) is 4.79 Å². The van der Waals surface area contributed by atoms with Crippen LogP contribution in [-0.2, 0) is 16.1 Å². The van der Waals surface area contributed by atoms with Crippen LogP contribution in [0.2, 0.25) is 0 Å². The quantitative estimate of drug-likeness (QED) is 0.609. The summed E-state index contributed by atoms with van der Waals surface area (Å²) in [6, 6.07) is 16.5. The molecule has 0 saturated carbocycles. The number of esters is 1. The second kappa shape index (κ2) is 7.60. The van der Waals surface area contributed by atoms with E-state index < -0.39 is 17.6 Å². The first-order valence-electron chi connectivity index (χ1n) is 8.88. The van der Waals surface area contributed by atoms with Gasteiger partial charge >= 0.3 is 5.97 Å². The van der Waals surface area contributed by atoms with Crippen molar-refractivity contribution in [1.82, 2.24) is 5.32 Å². The van der Waals surface area contributed by atoms with E-state index in [-0.39, 0.29) is 12.5 Å². The summed E-state index contributed by atoms with van der Waals surface area (Å²) in [5.41, 5.74) is 0.730. The first-order valence-corrected chi connectivity index (χ1v) is 8.88. The SMILES string of the molecule is CCC1(CC)C(=O)NC1Oc1ccccc1C(=O)OCc1ccccc1. The number of hydrogen-bond acceptors (Lipinski definition) is 4. The van der Waals surface area contributed by atoms with E-state index in [1.807, 2.05) is 44.2 Å². The molecule has 1 atom stereocenters. The van der Waals surface area contributed by atoms with Crippen molar-refractivity contribution in [2.75, 3.05) is 0 Å². The van der Waals surface area contributed by atoms with E-state index >= 15 is 0 Å². The van der Waals surface area contributed by atoms with Crippen molar-refractivity contribution >= 4 is 11.9 Å². The lowest BCUT2D eigenvalue weighted by molar-refractivity contribution is -0.161. The summed E-state index contributed by atoms with van der Waals surface area (Å²) >= 11 is 0. The molecule has 0 bridgehead atoms. The second-order valence-corrected chi connectivity index (χ2v) is 6.39. The number of para-hydroxylation sites is 1. The van der Waals surface area contributed by atoms with Crippen molar-refractivity contribution in [2.45, 2.75) is 39.5 Å². The molecule has 1 aliphatic heterocycles. The molecule has 1 N–H and O–H groups in total. The Balaban J connectivity index is 1.72. The van der Waals surface area contributed by atoms with Gasteiger partial charge in [0.05, 0.1) is 0 Å². The van der Waals surface area contributed by atoms with Crippen LogP contribution in [0.4, 0.5) is 0 Å². The van der Waals surface area contributed by atoms with Gasteiger partial charge in [-0.2, -0.15) is 0 Å². The van der Waals surface area contributed by atoms with E-state index in [4.69, 9.17) is 9.47 Å². The van der Waals surface area contributed by atoms with E-state index in [1.54, 1.807) is 24.3 Å². The molecule has 1 heterocycles. The molecule has 1 saturated heterocycles. The smallest absolute Gasteiger partial charge is 0.342 e. The third-order valence-corrected chi connectivity index (χ3v) is 5.04. The number of rotatable bonds is 7. The number of carbonyl (C=O) groups is 2. The van der Waals surface area contributed by atoms with Crippen LogP contribution in [0.15, 0.2) is 54.6 Å². The third-order valence-electron chi connectivity index (χ3n) is 5.04. The van der Waals surface area contributed by atoms with Crippen LogP contribution < -0.4 is 10.1 Å². The summed E-state index contributed by atoms with van der Waals surface area (Å²) < 4.78 is 11.4. The largest absolute Gasteiger partial charge is 0.469 e. The van der Waals surface area contributed by atoms with Crippen molar-refractivity contribution in [1.29, 1.82) is 0 Å². The standard InChI is InChI=1S/C21H23NO4/c1-3-21(4-2)19(24)22-20(21)26-17-13-9-8-12-16(17)18(23)25-14-15-10-6-5-7-11-15/h5-13,20H,3-4,14H2,1-2H3,(H,22,24). The van der Waals surface area contributed by atoms with Crippen LogP contribution in [0.25, 0.3) is 0 Å². The maximum Gasteiger partial charge on any atom is 0.342 e. The molecule has 0 aliphatic carbocycles. The van der Waals surface area contributed by atoms with Gasteiger partial charge in [0.2, 0.25) is 5.91 Å². The van der Waals surface area contributed by atoms with Gasteiger partial charge in [0.25, 0.3) is 0 Å². The van der Waals surface area contributed by atoms with Crippen molar-refractivity contribution in [3.63, 3.8) is 0 Å². The highest BCUT2D eigenvalue weighted by atomic mass is 16.5. The predicted octanol–water partition coefficient (Wildman–Crippen LogP) is 3.68. The van der Waals surface area contributed by atoms with E-state index in [2.05, 4.69) is 5.32 Å². The van der Waals surface area contributed by atoms with Crippen LogP contribution in [-0.4, -0.2) is 18.1 Å². The molecule has 5 heteroatoms. The molecular weight excluding hydrogens is 330 g/mol. The van der Waals surface area contributed by atoms with Crippen LogP contribution in [0.3, 0.4) is 0 Å². The number of benzene rings is 2. The third kappa shape index (κ3) is 3.29. The minimum absolute atomic E-state index is 0.00312. The highest BCUT2D eigenvalue weighted by Crippen LogP contribution is 2.39. The lowest BCUT2D eigenvalue weighted by Gasteiger charge is -2.47. The number of hydrogen-bond donors (Lipinski definition) is 1. The van der Waals surface area contributed by atoms with Gasteiger partial charge in [-0.1, -0.05) is 56.3 Å². The average molecular weight is 353 g/mol. The van der Waals surface area contributed by atoms with E-state index in [0.717, 1.165) is 5.56 Å². The van der Waals surface area contributed by atoms with Gasteiger partial charge in [0.1, 0.15) is 23.3 Å². The van der Waals surface area contributed by atoms with Crippen LogP contribution in [0, 0.1) is 5.41 Å². The van der Waals surface area contributed by atoms with Gasteiger partial charge in [-0.15, -0.1) is 0 Å². The highest BCUT2D eigenvalue weighted by Gasteiger charge is 2.54. The number of ether oxygens (including phenoxy) is 2. The Morgan fingerprint density at radius 1 is 1.04 bits per heavy atom. The lowest BCUT2D eigenvalue weighted by atomic mass is 9.73. The highest BCUT2D eigenvalue weighted by molar-refractivity contribution is 5.93. The Labute approximate surface area is 153 Å². The van der Waals surface area contributed by atoms with Crippen molar-refractivity contribution in [2.24, 2.45) is 5.41 Å². The summed E-state index contributed by atoms with van der Waals surface area (Å²) in [6.45, 7) is 4.14. The topological polar surface area (TPSA) is 64.6 Å². The number of β-lactam (4-membered cyclic amide) rings is 1. The van der Waals surface area contributed by atoms with Crippen LogP contribution in [0.1, 0.15) is 42.6 Å². The molecule has 1 fully saturated rings. The number of amides is 1. The van der Waals surface area contributed by atoms with Gasteiger partial charge in [-0.25, -0.2) is 4.79 Å². The van der Waals surface area contributed by atoms with Crippen LogP contribution >= 0.6 is 0 Å². The number of carbonyl (C=O) groups excluding carboxylic acids is 2. The molecule has 136 valence electrons. The summed E-state index contributed by atoms with van der Waals surface area (Å²) in [5, 5.41) is 2.79. The van der Waals surface area contributed by atoms with Gasteiger partial charge in [0, 0.05) is 0 Å². The molecule has 0 radical (unpaired) electrons. The fourth-order valence-electron chi connectivity index (χ4n) is 3.19. The fraction of sp³-hybridized carbons (Fsp3) is 0.333. The van der Waals surface area contributed by atoms with Crippen molar-refractivity contribution in [3.05, 3.63) is 65.7 Å². The molecule has 3 rings (SSSR count). The normalized spacial score (nSPS) is 17.8. The zero-order valence-corrected chi connectivity index (χ0v) is 15.0. The Kier molecular flexibility index (Phi) is 5.26. The van der Waals surface area contributed by atoms with Gasteiger partial charge < -0.3 is 14.8 Å². The molecule has 26 heavy (non-hydrogen) atoms. The molecule has 1 unspecified atom stereocenters. The van der Waals surface area contributed by atoms with E-state index in [0.29, 0.717) is 24.2 Å². The molecule has 2 aromatic carbocycles. The van der Waals surface area contributed by atoms with Crippen molar-refractivity contribution in [3.8, 4) is 5.75 Å². The van der Waals surface area contributed by atoms with Crippen molar-refractivity contribution < 1.29 is 19.1 Å². The molecule has 2 aromatic rings. The Hall–Kier alpha value is -2.82. The summed E-state index contributed by atoms with van der Waals surface area (Å²) in [6.07, 6.45) is 0.925. The Bertz CT molecular complexity index is 784. The summed E-state index contributed by atoms with van der Waals surface area (Å²) in [4.78, 5) is 24.5. The van der Waals surface area contributed by atoms with Gasteiger partial charge in [-0.05, 0) is 30.5 Å². The minimum Gasteiger partial charge on any atom is -0.469 e. The molecule has 0 aromatic heterocycles. The zero-order valence-electron chi connectivity index (χ0n) is 15.0. The minimum atomic E-state index is -0.541. The fourth-order valence-corrected chi connectivity index (χ4v) is 3.19. The Morgan fingerprint density at radius 2 is 1.69 bits per heavy atom. The zero-order chi connectivity index (χ0) is 18.6. The molecule has 1 amide bonds. The number of nitrogens with one attached hydrogen (secondary N) is 1. The van der Waals surface area contributed by atoms with E-state index in [9.17, 15) is 9.59 Å². The van der Waals surface area contributed by atoms with Gasteiger partial charge in [0.15, 0.2) is 6.23 Å². The Morgan fingerprint density at radius 3 is 2.35 bits per heavy atom. The second-order valence-electron chi connectivity index (χ2n) is 6.39. The molecular formula is C21H23NO4. The van der Waals surface area contributed by atoms with Crippen LogP contribution in [0.5, 0.6) is 5.75 Å². The first-order chi connectivity index (χ1) is 12.6. The summed E-state index contributed by atoms with van der Waals surface area (Å²) in [5.74, 6) is -0.0350. The molecule has 0 spiro atoms. The maximum absolute atomic E-state index is 12.5. The monoisotopic (exact) mass is 353 g/mol. The summed E-state index contributed by atoms with van der Waals surface area (Å²) in [7, 11) is 0. The average Bonchev–Trinajstić information content (AvgIpc) is 2.68. The maximum atomic E-state index is 12.5. The predicted molar refractivity (Wildman–Crippen MR) is 97.6 cm³/mol. The first kappa shape index (κ1) is 18.0.